The summed E-state index contributed by atoms with van der Waals surface area (Å²) < 4.78 is 14.9. The molecule has 0 aromatic rings. The van der Waals surface area contributed by atoms with E-state index in [1.165, 1.54) is 13.2 Å². The largest absolute Gasteiger partial charge is 0.461 e. The number of hydrogen-bond acceptors (Lipinski definition) is 4. The second kappa shape index (κ2) is 3.05. The van der Waals surface area contributed by atoms with Crippen molar-refractivity contribution in [3.05, 3.63) is 12.0 Å². The maximum atomic E-state index is 10.7. The molecule has 0 aromatic heterocycles. The predicted molar refractivity (Wildman–Crippen MR) is 41.0 cm³/mol. The fourth-order valence-electron chi connectivity index (χ4n) is 0.967. The number of ether oxygens (including phenoxy) is 3. The Hall–Kier alpha value is -1.19. The lowest BCUT2D eigenvalue weighted by atomic mass is 10.1. The molecular weight excluding hydrogens is 160 g/mol. The van der Waals surface area contributed by atoms with Crippen molar-refractivity contribution in [2.75, 3.05) is 6.79 Å². The minimum Gasteiger partial charge on any atom is -0.461 e. The molecule has 0 aliphatic carbocycles. The first kappa shape index (κ1) is 8.90. The van der Waals surface area contributed by atoms with Crippen LogP contribution in [0, 0.1) is 0 Å². The van der Waals surface area contributed by atoms with Gasteiger partial charge in [0.1, 0.15) is 6.26 Å². The summed E-state index contributed by atoms with van der Waals surface area (Å²) in [4.78, 5) is 10.7. The third-order valence-corrected chi connectivity index (χ3v) is 1.47. The Balaban J connectivity index is 2.63. The second-order valence-electron chi connectivity index (χ2n) is 3.01. The summed E-state index contributed by atoms with van der Waals surface area (Å²) in [6, 6.07) is 0. The molecule has 68 valence electrons. The van der Waals surface area contributed by atoms with Crippen molar-refractivity contribution in [2.45, 2.75) is 26.4 Å². The van der Waals surface area contributed by atoms with Crippen molar-refractivity contribution in [3.8, 4) is 0 Å². The summed E-state index contributed by atoms with van der Waals surface area (Å²) in [5, 5.41) is 0. The molecule has 0 spiro atoms. The molecule has 0 radical (unpaired) electrons. The molecule has 0 saturated carbocycles. The van der Waals surface area contributed by atoms with E-state index in [0.29, 0.717) is 5.76 Å². The fourth-order valence-corrected chi connectivity index (χ4v) is 0.967. The lowest BCUT2D eigenvalue weighted by Gasteiger charge is -2.23. The summed E-state index contributed by atoms with van der Waals surface area (Å²) in [6.07, 6.45) is 1.46. The average molecular weight is 172 g/mol. The van der Waals surface area contributed by atoms with Crippen LogP contribution in [0.3, 0.4) is 0 Å². The van der Waals surface area contributed by atoms with Gasteiger partial charge in [0.05, 0.1) is 0 Å². The molecule has 0 bridgehead atoms. The summed E-state index contributed by atoms with van der Waals surface area (Å²) in [5.41, 5.74) is -0.734. The summed E-state index contributed by atoms with van der Waals surface area (Å²) >= 11 is 0. The van der Waals surface area contributed by atoms with Crippen LogP contribution in [0.5, 0.6) is 0 Å². The first-order valence-corrected chi connectivity index (χ1v) is 3.67. The van der Waals surface area contributed by atoms with Crippen molar-refractivity contribution in [1.82, 2.24) is 0 Å². The third kappa shape index (κ3) is 1.90. The molecule has 0 aromatic carbocycles. The Labute approximate surface area is 71.1 Å². The number of rotatable bonds is 2. The minimum atomic E-state index is -0.734. The van der Waals surface area contributed by atoms with E-state index < -0.39 is 5.60 Å². The van der Waals surface area contributed by atoms with Gasteiger partial charge in [-0.05, 0) is 13.8 Å². The Morgan fingerprint density at radius 2 is 2.33 bits per heavy atom. The zero-order valence-electron chi connectivity index (χ0n) is 7.42. The van der Waals surface area contributed by atoms with Gasteiger partial charge in [0.25, 0.3) is 0 Å². The van der Waals surface area contributed by atoms with Gasteiger partial charge in [-0.3, -0.25) is 4.79 Å². The molecule has 1 aliphatic heterocycles. The van der Waals surface area contributed by atoms with Crippen molar-refractivity contribution >= 4 is 5.97 Å². The van der Waals surface area contributed by atoms with E-state index in [1.54, 1.807) is 13.8 Å². The van der Waals surface area contributed by atoms with E-state index in [-0.39, 0.29) is 12.8 Å². The Bertz CT molecular complexity index is 217. The Morgan fingerprint density at radius 1 is 1.67 bits per heavy atom. The fraction of sp³-hybridized carbons (Fsp3) is 0.625. The summed E-state index contributed by atoms with van der Waals surface area (Å²) in [6.45, 7) is 5.04. The Morgan fingerprint density at radius 3 is 2.75 bits per heavy atom. The number of hydrogen-bond donors (Lipinski definition) is 0. The molecule has 0 atom stereocenters. The van der Waals surface area contributed by atoms with E-state index in [1.807, 2.05) is 0 Å². The summed E-state index contributed by atoms with van der Waals surface area (Å²) in [5.74, 6) is 0.203. The van der Waals surface area contributed by atoms with Gasteiger partial charge in [0, 0.05) is 6.92 Å². The van der Waals surface area contributed by atoms with Crippen molar-refractivity contribution < 1.29 is 19.0 Å². The molecule has 12 heavy (non-hydrogen) atoms. The van der Waals surface area contributed by atoms with Crippen LogP contribution >= 0.6 is 0 Å². The molecule has 1 rings (SSSR count). The number of carbonyl (C=O) groups is 1. The van der Waals surface area contributed by atoms with E-state index >= 15 is 0 Å². The Kier molecular flexibility index (Phi) is 2.26. The molecule has 0 unspecified atom stereocenters. The minimum absolute atomic E-state index is 0.194. The molecule has 4 heteroatoms. The lowest BCUT2D eigenvalue weighted by molar-refractivity contribution is -0.153. The maximum absolute atomic E-state index is 10.7. The molecule has 4 nitrogen and oxygen atoms in total. The molecule has 0 saturated heterocycles. The van der Waals surface area contributed by atoms with Gasteiger partial charge in [-0.15, -0.1) is 0 Å². The molecule has 0 fully saturated rings. The highest BCUT2D eigenvalue weighted by atomic mass is 16.7. The van der Waals surface area contributed by atoms with Crippen LogP contribution < -0.4 is 0 Å². The number of esters is 1. The lowest BCUT2D eigenvalue weighted by Crippen LogP contribution is -2.29. The maximum Gasteiger partial charge on any atom is 0.303 e. The molecular formula is C8H12O4. The van der Waals surface area contributed by atoms with Gasteiger partial charge in [-0.2, -0.15) is 0 Å². The van der Waals surface area contributed by atoms with Crippen LogP contribution in [0.2, 0.25) is 0 Å². The van der Waals surface area contributed by atoms with Gasteiger partial charge in [-0.1, -0.05) is 0 Å². The van der Waals surface area contributed by atoms with E-state index in [9.17, 15) is 4.79 Å². The smallest absolute Gasteiger partial charge is 0.303 e. The molecule has 1 aliphatic rings. The van der Waals surface area contributed by atoms with Gasteiger partial charge in [0.2, 0.25) is 6.79 Å². The number of carbonyl (C=O) groups excluding carboxylic acids is 1. The van der Waals surface area contributed by atoms with Crippen LogP contribution in [0.15, 0.2) is 12.0 Å². The van der Waals surface area contributed by atoms with E-state index in [0.717, 1.165) is 0 Å². The zero-order chi connectivity index (χ0) is 9.19. The first-order chi connectivity index (χ1) is 5.52. The van der Waals surface area contributed by atoms with E-state index in [2.05, 4.69) is 0 Å². The van der Waals surface area contributed by atoms with Gasteiger partial charge >= 0.3 is 5.97 Å². The van der Waals surface area contributed by atoms with Crippen molar-refractivity contribution in [3.63, 3.8) is 0 Å². The summed E-state index contributed by atoms with van der Waals surface area (Å²) in [7, 11) is 0. The highest BCUT2D eigenvalue weighted by Crippen LogP contribution is 2.24. The van der Waals surface area contributed by atoms with Gasteiger partial charge in [0.15, 0.2) is 11.4 Å². The third-order valence-electron chi connectivity index (χ3n) is 1.47. The van der Waals surface area contributed by atoms with Crippen LogP contribution in [0.25, 0.3) is 0 Å². The second-order valence-corrected chi connectivity index (χ2v) is 3.01. The van der Waals surface area contributed by atoms with Crippen LogP contribution in [-0.4, -0.2) is 18.4 Å². The first-order valence-electron chi connectivity index (χ1n) is 3.67. The van der Waals surface area contributed by atoms with Crippen LogP contribution in [0.4, 0.5) is 0 Å². The molecule has 1 heterocycles. The highest BCUT2D eigenvalue weighted by Gasteiger charge is 2.31. The standard InChI is InChI=1S/C8H12O4/c1-6(9)12-8(2,3)7-4-10-5-11-7/h4H,5H2,1-3H3. The molecule has 0 N–H and O–H groups in total. The van der Waals surface area contributed by atoms with Gasteiger partial charge in [-0.25, -0.2) is 0 Å². The van der Waals surface area contributed by atoms with Crippen molar-refractivity contribution in [1.29, 1.82) is 0 Å². The SMILES string of the molecule is CC(=O)OC(C)(C)C1=COCO1. The quantitative estimate of drug-likeness (QED) is 0.586. The van der Waals surface area contributed by atoms with Crippen molar-refractivity contribution in [2.24, 2.45) is 0 Å². The monoisotopic (exact) mass is 172 g/mol. The normalized spacial score (nSPS) is 16.1. The predicted octanol–water partition coefficient (Wildman–Crippen LogP) is 1.17. The zero-order valence-corrected chi connectivity index (χ0v) is 7.42. The van der Waals surface area contributed by atoms with Crippen LogP contribution in [0.1, 0.15) is 20.8 Å². The molecule has 0 amide bonds. The van der Waals surface area contributed by atoms with E-state index in [4.69, 9.17) is 14.2 Å². The average Bonchev–Trinajstić information content (AvgIpc) is 2.32. The van der Waals surface area contributed by atoms with Gasteiger partial charge < -0.3 is 14.2 Å². The highest BCUT2D eigenvalue weighted by molar-refractivity contribution is 5.66. The van der Waals surface area contributed by atoms with Crippen LogP contribution in [-0.2, 0) is 19.0 Å². The topological polar surface area (TPSA) is 44.8 Å².